The average Bonchev–Trinajstić information content (AvgIpc) is 2.25. The molecule has 1 nitrogen and oxygen atoms in total. The lowest BCUT2D eigenvalue weighted by Gasteiger charge is -2.09. The molecular weight excluding hydrogens is 170 g/mol. The molecule has 14 heavy (non-hydrogen) atoms. The van der Waals surface area contributed by atoms with Crippen LogP contribution in [0, 0.1) is 5.92 Å². The van der Waals surface area contributed by atoms with E-state index in [2.05, 4.69) is 31.0 Å². The van der Waals surface area contributed by atoms with Crippen molar-refractivity contribution in [3.05, 3.63) is 30.1 Å². The van der Waals surface area contributed by atoms with Gasteiger partial charge in [0.2, 0.25) is 0 Å². The number of hydrogen-bond donors (Lipinski definition) is 0. The van der Waals surface area contributed by atoms with Crippen LogP contribution in [0.1, 0.15) is 45.2 Å². The molecule has 1 aromatic rings. The summed E-state index contributed by atoms with van der Waals surface area (Å²) in [6.45, 7) is 4.60. The number of rotatable bonds is 6. The molecule has 1 aromatic heterocycles. The molecule has 78 valence electrons. The standard InChI is InChI=1S/C13H21N/c1-3-4-7-12(2)9-10-13-8-5-6-11-14-13/h5-6,8,11-12H,3-4,7,9-10H2,1-2H3. The molecule has 0 bridgehead atoms. The van der Waals surface area contributed by atoms with Gasteiger partial charge in [-0.3, -0.25) is 4.98 Å². The number of nitrogens with zero attached hydrogens (tertiary/aromatic N) is 1. The molecule has 0 fully saturated rings. The van der Waals surface area contributed by atoms with Crippen LogP contribution in [0.15, 0.2) is 24.4 Å². The molecule has 0 saturated heterocycles. The van der Waals surface area contributed by atoms with Gasteiger partial charge in [0.05, 0.1) is 0 Å². The molecular formula is C13H21N. The molecule has 0 amide bonds. The number of aromatic nitrogens is 1. The van der Waals surface area contributed by atoms with E-state index in [-0.39, 0.29) is 0 Å². The molecule has 0 saturated carbocycles. The van der Waals surface area contributed by atoms with Crippen molar-refractivity contribution in [1.82, 2.24) is 4.98 Å². The Kier molecular flexibility index (Phi) is 5.28. The van der Waals surface area contributed by atoms with E-state index in [0.29, 0.717) is 0 Å². The van der Waals surface area contributed by atoms with Gasteiger partial charge in [0, 0.05) is 11.9 Å². The van der Waals surface area contributed by atoms with Crippen molar-refractivity contribution in [1.29, 1.82) is 0 Å². The van der Waals surface area contributed by atoms with Gasteiger partial charge in [0.25, 0.3) is 0 Å². The van der Waals surface area contributed by atoms with Crippen molar-refractivity contribution in [3.63, 3.8) is 0 Å². The zero-order valence-corrected chi connectivity index (χ0v) is 9.37. The van der Waals surface area contributed by atoms with E-state index in [4.69, 9.17) is 0 Å². The minimum absolute atomic E-state index is 0.844. The summed E-state index contributed by atoms with van der Waals surface area (Å²) < 4.78 is 0. The van der Waals surface area contributed by atoms with E-state index in [0.717, 1.165) is 12.3 Å². The van der Waals surface area contributed by atoms with Crippen molar-refractivity contribution in [3.8, 4) is 0 Å². The van der Waals surface area contributed by atoms with Crippen LogP contribution in [0.3, 0.4) is 0 Å². The highest BCUT2D eigenvalue weighted by atomic mass is 14.7. The van der Waals surface area contributed by atoms with Crippen LogP contribution >= 0.6 is 0 Å². The minimum atomic E-state index is 0.844. The minimum Gasteiger partial charge on any atom is -0.261 e. The highest BCUT2D eigenvalue weighted by molar-refractivity contribution is 5.03. The largest absolute Gasteiger partial charge is 0.261 e. The Bertz CT molecular complexity index is 230. The van der Waals surface area contributed by atoms with Crippen LogP contribution in [0.25, 0.3) is 0 Å². The summed E-state index contributed by atoms with van der Waals surface area (Å²) in [5, 5.41) is 0. The van der Waals surface area contributed by atoms with Gasteiger partial charge in [0.15, 0.2) is 0 Å². The fourth-order valence-electron chi connectivity index (χ4n) is 1.64. The van der Waals surface area contributed by atoms with E-state index in [1.807, 2.05) is 12.3 Å². The first kappa shape index (κ1) is 11.2. The van der Waals surface area contributed by atoms with Crippen LogP contribution < -0.4 is 0 Å². The molecule has 0 aliphatic rings. The third-order valence-electron chi connectivity index (χ3n) is 2.67. The van der Waals surface area contributed by atoms with Crippen LogP contribution in [0.2, 0.25) is 0 Å². The number of unbranched alkanes of at least 4 members (excludes halogenated alkanes) is 1. The Hall–Kier alpha value is -0.850. The van der Waals surface area contributed by atoms with Crippen molar-refractivity contribution in [2.24, 2.45) is 5.92 Å². The number of hydrogen-bond acceptors (Lipinski definition) is 1. The second kappa shape index (κ2) is 6.58. The Morgan fingerprint density at radius 2 is 2.14 bits per heavy atom. The molecule has 1 rings (SSSR count). The van der Waals surface area contributed by atoms with Crippen LogP contribution in [0.5, 0.6) is 0 Å². The maximum Gasteiger partial charge on any atom is 0.0403 e. The van der Waals surface area contributed by atoms with Crippen LogP contribution in [-0.2, 0) is 6.42 Å². The maximum atomic E-state index is 4.33. The highest BCUT2D eigenvalue weighted by Gasteiger charge is 2.02. The first-order chi connectivity index (χ1) is 6.83. The Morgan fingerprint density at radius 1 is 1.29 bits per heavy atom. The molecule has 1 unspecified atom stereocenters. The van der Waals surface area contributed by atoms with E-state index >= 15 is 0 Å². The molecule has 0 aliphatic carbocycles. The summed E-state index contributed by atoms with van der Waals surface area (Å²) in [5.74, 6) is 0.844. The maximum absolute atomic E-state index is 4.33. The highest BCUT2D eigenvalue weighted by Crippen LogP contribution is 2.14. The van der Waals surface area contributed by atoms with Gasteiger partial charge >= 0.3 is 0 Å². The first-order valence-corrected chi connectivity index (χ1v) is 5.72. The summed E-state index contributed by atoms with van der Waals surface area (Å²) in [5.41, 5.74) is 1.23. The van der Waals surface area contributed by atoms with E-state index in [1.54, 1.807) is 0 Å². The van der Waals surface area contributed by atoms with Crippen LogP contribution in [-0.4, -0.2) is 4.98 Å². The van der Waals surface area contributed by atoms with Crippen molar-refractivity contribution < 1.29 is 0 Å². The van der Waals surface area contributed by atoms with Gasteiger partial charge in [0.1, 0.15) is 0 Å². The van der Waals surface area contributed by atoms with Crippen molar-refractivity contribution >= 4 is 0 Å². The molecule has 1 atom stereocenters. The molecule has 1 heterocycles. The Morgan fingerprint density at radius 3 is 2.79 bits per heavy atom. The summed E-state index contributed by atoms with van der Waals surface area (Å²) >= 11 is 0. The van der Waals surface area contributed by atoms with Crippen molar-refractivity contribution in [2.45, 2.75) is 46.0 Å². The SMILES string of the molecule is CCCCC(C)CCc1ccccn1. The third-order valence-corrected chi connectivity index (χ3v) is 2.67. The monoisotopic (exact) mass is 191 g/mol. The van der Waals surface area contributed by atoms with E-state index in [1.165, 1.54) is 31.4 Å². The molecule has 0 aliphatic heterocycles. The lowest BCUT2D eigenvalue weighted by molar-refractivity contribution is 0.470. The zero-order valence-electron chi connectivity index (χ0n) is 9.37. The molecule has 0 aromatic carbocycles. The molecule has 1 heteroatoms. The van der Waals surface area contributed by atoms with E-state index in [9.17, 15) is 0 Å². The van der Waals surface area contributed by atoms with E-state index < -0.39 is 0 Å². The molecule has 0 N–H and O–H groups in total. The lowest BCUT2D eigenvalue weighted by Crippen LogP contribution is -1.98. The Balaban J connectivity index is 2.20. The van der Waals surface area contributed by atoms with Gasteiger partial charge in [-0.25, -0.2) is 0 Å². The molecule has 0 spiro atoms. The third kappa shape index (κ3) is 4.40. The van der Waals surface area contributed by atoms with Crippen molar-refractivity contribution in [2.75, 3.05) is 0 Å². The second-order valence-electron chi connectivity index (χ2n) is 4.11. The summed E-state index contributed by atoms with van der Waals surface area (Å²) in [6, 6.07) is 6.16. The Labute approximate surface area is 87.6 Å². The fraction of sp³-hybridized carbons (Fsp3) is 0.615. The second-order valence-corrected chi connectivity index (χ2v) is 4.11. The van der Waals surface area contributed by atoms with Gasteiger partial charge < -0.3 is 0 Å². The van der Waals surface area contributed by atoms with Gasteiger partial charge in [-0.2, -0.15) is 0 Å². The van der Waals surface area contributed by atoms with Gasteiger partial charge in [-0.1, -0.05) is 39.2 Å². The number of aryl methyl sites for hydroxylation is 1. The quantitative estimate of drug-likeness (QED) is 0.665. The fourth-order valence-corrected chi connectivity index (χ4v) is 1.64. The smallest absolute Gasteiger partial charge is 0.0403 e. The van der Waals surface area contributed by atoms with Gasteiger partial charge in [-0.15, -0.1) is 0 Å². The normalized spacial score (nSPS) is 12.7. The predicted octanol–water partition coefficient (Wildman–Crippen LogP) is 3.84. The van der Waals surface area contributed by atoms with Crippen LogP contribution in [0.4, 0.5) is 0 Å². The predicted molar refractivity (Wildman–Crippen MR) is 61.2 cm³/mol. The summed E-state index contributed by atoms with van der Waals surface area (Å²) in [6.07, 6.45) is 8.33. The van der Waals surface area contributed by atoms with Gasteiger partial charge in [-0.05, 0) is 30.9 Å². The number of pyridine rings is 1. The summed E-state index contributed by atoms with van der Waals surface area (Å²) in [7, 11) is 0. The zero-order chi connectivity index (χ0) is 10.2. The summed E-state index contributed by atoms with van der Waals surface area (Å²) in [4.78, 5) is 4.33. The average molecular weight is 191 g/mol. The first-order valence-electron chi connectivity index (χ1n) is 5.72. The molecule has 0 radical (unpaired) electrons. The topological polar surface area (TPSA) is 12.9 Å². The lowest BCUT2D eigenvalue weighted by atomic mass is 9.98.